The lowest BCUT2D eigenvalue weighted by Crippen LogP contribution is -1.97. The van der Waals surface area contributed by atoms with Crippen LogP contribution in [-0.2, 0) is 7.05 Å². The second-order valence-corrected chi connectivity index (χ2v) is 4.90. The van der Waals surface area contributed by atoms with Crippen LogP contribution < -0.4 is 4.74 Å². The summed E-state index contributed by atoms with van der Waals surface area (Å²) in [6.07, 6.45) is 0. The van der Waals surface area contributed by atoms with E-state index in [1.807, 2.05) is 20.0 Å². The zero-order chi connectivity index (χ0) is 13.3. The van der Waals surface area contributed by atoms with Crippen molar-refractivity contribution in [3.05, 3.63) is 40.0 Å². The van der Waals surface area contributed by atoms with Gasteiger partial charge in [-0.1, -0.05) is 0 Å². The molecule has 0 atom stereocenters. The molecule has 0 saturated heterocycles. The van der Waals surface area contributed by atoms with Gasteiger partial charge in [0.05, 0.1) is 5.69 Å². The molecule has 0 fully saturated rings. The topological polar surface area (TPSA) is 44.1 Å². The fourth-order valence-electron chi connectivity index (χ4n) is 1.65. The van der Waals surface area contributed by atoms with Crippen LogP contribution in [0.5, 0.6) is 11.6 Å². The predicted molar refractivity (Wildman–Crippen MR) is 72.2 cm³/mol. The van der Waals surface area contributed by atoms with E-state index in [1.54, 1.807) is 22.9 Å². The van der Waals surface area contributed by atoms with Crippen molar-refractivity contribution in [1.29, 1.82) is 0 Å². The van der Waals surface area contributed by atoms with Crippen LogP contribution in [0, 0.1) is 6.92 Å². The molecule has 1 heterocycles. The van der Waals surface area contributed by atoms with Crippen molar-refractivity contribution in [1.82, 2.24) is 9.78 Å². The maximum Gasteiger partial charge on any atom is 0.217 e. The molecule has 1 aromatic heterocycles. The number of benzene rings is 1. The molecule has 0 unspecified atom stereocenters. The lowest BCUT2D eigenvalue weighted by atomic mass is 10.1. The molecule has 0 spiro atoms. The molecular formula is C13H13BrN2O2. The summed E-state index contributed by atoms with van der Waals surface area (Å²) >= 11 is 3.36. The largest absolute Gasteiger partial charge is 0.439 e. The van der Waals surface area contributed by atoms with Gasteiger partial charge in [0, 0.05) is 23.2 Å². The van der Waals surface area contributed by atoms with Crippen LogP contribution in [0.15, 0.2) is 28.7 Å². The van der Waals surface area contributed by atoms with Gasteiger partial charge in [-0.3, -0.25) is 4.79 Å². The van der Waals surface area contributed by atoms with Crippen LogP contribution >= 0.6 is 15.9 Å². The molecule has 1 aromatic carbocycles. The maximum absolute atomic E-state index is 11.3. The SMILES string of the molecule is CC(=O)c1ccc(Oc2cc(C)nn2C)cc1Br. The summed E-state index contributed by atoms with van der Waals surface area (Å²) in [7, 11) is 1.82. The zero-order valence-electron chi connectivity index (χ0n) is 10.4. The molecule has 0 bridgehead atoms. The lowest BCUT2D eigenvalue weighted by Gasteiger charge is -2.07. The van der Waals surface area contributed by atoms with Gasteiger partial charge in [-0.05, 0) is 48.0 Å². The molecule has 94 valence electrons. The standard InChI is InChI=1S/C13H13BrN2O2/c1-8-6-13(16(3)15-8)18-10-4-5-11(9(2)17)12(14)7-10/h4-7H,1-3H3. The Morgan fingerprint density at radius 2 is 2.11 bits per heavy atom. The van der Waals surface area contributed by atoms with Crippen LogP contribution in [0.25, 0.3) is 0 Å². The summed E-state index contributed by atoms with van der Waals surface area (Å²) < 4.78 is 8.10. The van der Waals surface area contributed by atoms with Crippen molar-refractivity contribution in [2.24, 2.45) is 7.05 Å². The summed E-state index contributed by atoms with van der Waals surface area (Å²) in [6.45, 7) is 3.44. The van der Waals surface area contributed by atoms with Crippen molar-refractivity contribution in [3.8, 4) is 11.6 Å². The minimum absolute atomic E-state index is 0.0183. The molecule has 5 heteroatoms. The molecular weight excluding hydrogens is 296 g/mol. The van der Waals surface area contributed by atoms with Gasteiger partial charge in [-0.15, -0.1) is 0 Å². The van der Waals surface area contributed by atoms with E-state index in [4.69, 9.17) is 4.74 Å². The van der Waals surface area contributed by atoms with Crippen LogP contribution in [0.1, 0.15) is 23.0 Å². The number of rotatable bonds is 3. The number of ketones is 1. The van der Waals surface area contributed by atoms with Crippen LogP contribution in [-0.4, -0.2) is 15.6 Å². The third-order valence-corrected chi connectivity index (χ3v) is 3.16. The molecule has 2 rings (SSSR count). The van der Waals surface area contributed by atoms with Crippen LogP contribution in [0.4, 0.5) is 0 Å². The first-order chi connectivity index (χ1) is 8.47. The summed E-state index contributed by atoms with van der Waals surface area (Å²) in [5.74, 6) is 1.34. The van der Waals surface area contributed by atoms with Crippen molar-refractivity contribution < 1.29 is 9.53 Å². The first-order valence-electron chi connectivity index (χ1n) is 5.46. The lowest BCUT2D eigenvalue weighted by molar-refractivity contribution is 0.101. The monoisotopic (exact) mass is 308 g/mol. The normalized spacial score (nSPS) is 10.4. The zero-order valence-corrected chi connectivity index (χ0v) is 12.0. The Kier molecular flexibility index (Phi) is 3.52. The smallest absolute Gasteiger partial charge is 0.217 e. The third kappa shape index (κ3) is 2.61. The molecule has 2 aromatic rings. The molecule has 4 nitrogen and oxygen atoms in total. The molecule has 18 heavy (non-hydrogen) atoms. The Bertz CT molecular complexity index is 605. The summed E-state index contributed by atoms with van der Waals surface area (Å²) in [5.41, 5.74) is 1.54. The summed E-state index contributed by atoms with van der Waals surface area (Å²) in [6, 6.07) is 7.14. The quantitative estimate of drug-likeness (QED) is 0.815. The van der Waals surface area contributed by atoms with E-state index in [0.717, 1.165) is 10.2 Å². The number of aromatic nitrogens is 2. The predicted octanol–water partition coefficient (Wildman–Crippen LogP) is 3.49. The minimum Gasteiger partial charge on any atom is -0.439 e. The highest BCUT2D eigenvalue weighted by Crippen LogP contribution is 2.27. The summed E-state index contributed by atoms with van der Waals surface area (Å²) in [5, 5.41) is 4.20. The van der Waals surface area contributed by atoms with E-state index in [1.165, 1.54) is 6.92 Å². The molecule has 0 aliphatic rings. The van der Waals surface area contributed by atoms with E-state index in [9.17, 15) is 4.79 Å². The highest BCUT2D eigenvalue weighted by molar-refractivity contribution is 9.10. The van der Waals surface area contributed by atoms with Gasteiger partial charge in [0.2, 0.25) is 5.88 Å². The Morgan fingerprint density at radius 3 is 2.61 bits per heavy atom. The minimum atomic E-state index is 0.0183. The average molecular weight is 309 g/mol. The first-order valence-corrected chi connectivity index (χ1v) is 6.25. The fraction of sp³-hybridized carbons (Fsp3) is 0.231. The number of ether oxygens (including phenoxy) is 1. The van der Waals surface area contributed by atoms with Crippen molar-refractivity contribution in [3.63, 3.8) is 0 Å². The Balaban J connectivity index is 2.28. The van der Waals surface area contributed by atoms with Gasteiger partial charge in [0.25, 0.3) is 0 Å². The van der Waals surface area contributed by atoms with E-state index < -0.39 is 0 Å². The number of hydrogen-bond donors (Lipinski definition) is 0. The molecule has 0 aliphatic heterocycles. The van der Waals surface area contributed by atoms with Crippen LogP contribution in [0.3, 0.4) is 0 Å². The molecule has 0 amide bonds. The van der Waals surface area contributed by atoms with E-state index >= 15 is 0 Å². The Labute approximate surface area is 114 Å². The highest BCUT2D eigenvalue weighted by atomic mass is 79.9. The molecule has 0 N–H and O–H groups in total. The van der Waals surface area contributed by atoms with Crippen molar-refractivity contribution >= 4 is 21.7 Å². The third-order valence-electron chi connectivity index (χ3n) is 2.50. The first kappa shape index (κ1) is 12.8. The highest BCUT2D eigenvalue weighted by Gasteiger charge is 2.09. The molecule has 0 saturated carbocycles. The number of nitrogens with zero attached hydrogens (tertiary/aromatic N) is 2. The number of carbonyl (C=O) groups is 1. The molecule has 0 aliphatic carbocycles. The number of carbonyl (C=O) groups excluding carboxylic acids is 1. The van der Waals surface area contributed by atoms with Gasteiger partial charge < -0.3 is 4.74 Å². The number of aryl methyl sites for hydroxylation is 2. The Hall–Kier alpha value is -1.62. The van der Waals surface area contributed by atoms with E-state index in [2.05, 4.69) is 21.0 Å². The number of Topliss-reactive ketones (excluding diaryl/α,β-unsaturated/α-hetero) is 1. The van der Waals surface area contributed by atoms with Gasteiger partial charge in [0.1, 0.15) is 5.75 Å². The van der Waals surface area contributed by atoms with E-state index in [0.29, 0.717) is 17.2 Å². The number of hydrogen-bond acceptors (Lipinski definition) is 3. The summed E-state index contributed by atoms with van der Waals surface area (Å²) in [4.78, 5) is 11.3. The maximum atomic E-state index is 11.3. The second-order valence-electron chi connectivity index (χ2n) is 4.05. The van der Waals surface area contributed by atoms with Crippen molar-refractivity contribution in [2.75, 3.05) is 0 Å². The van der Waals surface area contributed by atoms with Gasteiger partial charge in [-0.25, -0.2) is 4.68 Å². The van der Waals surface area contributed by atoms with Gasteiger partial charge in [-0.2, -0.15) is 5.10 Å². The number of halogens is 1. The average Bonchev–Trinajstić information content (AvgIpc) is 2.57. The second kappa shape index (κ2) is 4.94. The van der Waals surface area contributed by atoms with Gasteiger partial charge >= 0.3 is 0 Å². The Morgan fingerprint density at radius 1 is 1.39 bits per heavy atom. The fourth-order valence-corrected chi connectivity index (χ4v) is 2.28. The van der Waals surface area contributed by atoms with E-state index in [-0.39, 0.29) is 5.78 Å². The van der Waals surface area contributed by atoms with Crippen LogP contribution in [0.2, 0.25) is 0 Å². The molecule has 0 radical (unpaired) electrons. The van der Waals surface area contributed by atoms with Gasteiger partial charge in [0.15, 0.2) is 5.78 Å². The van der Waals surface area contributed by atoms with Crippen molar-refractivity contribution in [2.45, 2.75) is 13.8 Å².